The molecular formula is C14H27NO3. The molecule has 0 aliphatic carbocycles. The lowest BCUT2D eigenvalue weighted by Gasteiger charge is -2.34. The van der Waals surface area contributed by atoms with Crippen LogP contribution >= 0.6 is 0 Å². The van der Waals surface area contributed by atoms with Crippen LogP contribution in [0.4, 0.5) is 0 Å². The molecule has 1 fully saturated rings. The first kappa shape index (κ1) is 15.4. The molecule has 1 saturated heterocycles. The van der Waals surface area contributed by atoms with Gasteiger partial charge in [-0.15, -0.1) is 0 Å². The minimum atomic E-state index is -0.158. The van der Waals surface area contributed by atoms with Crippen LogP contribution in [-0.2, 0) is 14.3 Å². The predicted molar refractivity (Wildman–Crippen MR) is 71.5 cm³/mol. The highest BCUT2D eigenvalue weighted by atomic mass is 16.5. The molecule has 1 heterocycles. The van der Waals surface area contributed by atoms with Crippen molar-refractivity contribution < 1.29 is 14.3 Å². The minimum absolute atomic E-state index is 0.116. The Morgan fingerprint density at radius 3 is 2.61 bits per heavy atom. The first-order chi connectivity index (χ1) is 8.61. The van der Waals surface area contributed by atoms with E-state index in [0.29, 0.717) is 6.61 Å². The second-order valence-corrected chi connectivity index (χ2v) is 5.40. The summed E-state index contributed by atoms with van der Waals surface area (Å²) in [5, 5.41) is 3.39. The van der Waals surface area contributed by atoms with Crippen LogP contribution in [0.1, 0.15) is 46.5 Å². The van der Waals surface area contributed by atoms with Crippen molar-refractivity contribution in [3.8, 4) is 0 Å². The molecule has 0 radical (unpaired) electrons. The number of carbonyl (C=O) groups excluding carboxylic acids is 1. The molecule has 4 heteroatoms. The Kier molecular flexibility index (Phi) is 6.65. The molecule has 1 rings (SSSR count). The Balaban J connectivity index is 2.42. The average molecular weight is 257 g/mol. The van der Waals surface area contributed by atoms with Gasteiger partial charge < -0.3 is 14.8 Å². The summed E-state index contributed by atoms with van der Waals surface area (Å²) in [6.45, 7) is 9.17. The molecule has 1 aliphatic heterocycles. The smallest absolute Gasteiger partial charge is 0.323 e. The van der Waals surface area contributed by atoms with Crippen molar-refractivity contribution in [3.05, 3.63) is 0 Å². The fourth-order valence-corrected chi connectivity index (χ4v) is 2.25. The molecule has 106 valence electrons. The Morgan fingerprint density at radius 2 is 2.06 bits per heavy atom. The molecule has 0 spiro atoms. The fourth-order valence-electron chi connectivity index (χ4n) is 2.25. The van der Waals surface area contributed by atoms with E-state index >= 15 is 0 Å². The van der Waals surface area contributed by atoms with Gasteiger partial charge in [-0.3, -0.25) is 4.79 Å². The summed E-state index contributed by atoms with van der Waals surface area (Å²) in [5.41, 5.74) is 0.247. The molecule has 1 unspecified atom stereocenters. The third-order valence-corrected chi connectivity index (χ3v) is 3.62. The van der Waals surface area contributed by atoms with Crippen molar-refractivity contribution in [2.45, 2.75) is 52.5 Å². The summed E-state index contributed by atoms with van der Waals surface area (Å²) < 4.78 is 10.5. The Hall–Kier alpha value is -0.610. The summed E-state index contributed by atoms with van der Waals surface area (Å²) in [5.74, 6) is -0.116. The highest BCUT2D eigenvalue weighted by molar-refractivity contribution is 5.75. The second kappa shape index (κ2) is 7.74. The Bertz CT molecular complexity index is 249. The topological polar surface area (TPSA) is 47.6 Å². The zero-order chi connectivity index (χ0) is 13.4. The number of nitrogens with one attached hydrogen (secondary N) is 1. The molecule has 0 saturated carbocycles. The van der Waals surface area contributed by atoms with Gasteiger partial charge in [-0.25, -0.2) is 0 Å². The molecule has 18 heavy (non-hydrogen) atoms. The zero-order valence-electron chi connectivity index (χ0n) is 12.0. The van der Waals surface area contributed by atoms with E-state index in [1.807, 2.05) is 6.92 Å². The Morgan fingerprint density at radius 1 is 1.39 bits per heavy atom. The van der Waals surface area contributed by atoms with Gasteiger partial charge in [0, 0.05) is 19.8 Å². The normalized spacial score (nSPS) is 20.4. The maximum absolute atomic E-state index is 11.8. The maximum Gasteiger partial charge on any atom is 0.323 e. The van der Waals surface area contributed by atoms with E-state index in [1.165, 1.54) is 0 Å². The molecule has 1 atom stereocenters. The number of esters is 1. The molecule has 1 N–H and O–H groups in total. The van der Waals surface area contributed by atoms with Crippen molar-refractivity contribution >= 4 is 5.97 Å². The van der Waals surface area contributed by atoms with Crippen LogP contribution in [0.5, 0.6) is 0 Å². The number of ether oxygens (including phenoxy) is 2. The van der Waals surface area contributed by atoms with Crippen molar-refractivity contribution in [3.63, 3.8) is 0 Å². The van der Waals surface area contributed by atoms with Crippen molar-refractivity contribution in [2.75, 3.05) is 26.4 Å². The number of hydrogen-bond donors (Lipinski definition) is 1. The molecule has 0 amide bonds. The van der Waals surface area contributed by atoms with Crippen LogP contribution in [-0.4, -0.2) is 38.4 Å². The molecular weight excluding hydrogens is 230 g/mol. The van der Waals surface area contributed by atoms with Gasteiger partial charge in [-0.1, -0.05) is 20.3 Å². The number of rotatable bonds is 7. The van der Waals surface area contributed by atoms with Gasteiger partial charge in [0.25, 0.3) is 0 Å². The van der Waals surface area contributed by atoms with E-state index in [1.54, 1.807) is 0 Å². The molecule has 0 aromatic carbocycles. The van der Waals surface area contributed by atoms with Gasteiger partial charge in [0.2, 0.25) is 0 Å². The predicted octanol–water partition coefficient (Wildman–Crippen LogP) is 2.12. The highest BCUT2D eigenvalue weighted by Crippen LogP contribution is 2.28. The van der Waals surface area contributed by atoms with Gasteiger partial charge >= 0.3 is 5.97 Å². The van der Waals surface area contributed by atoms with E-state index in [-0.39, 0.29) is 17.4 Å². The fraction of sp³-hybridized carbons (Fsp3) is 0.929. The SMILES string of the molecule is CCCC(NCC1(C)CCOCC1)C(=O)OCC. The monoisotopic (exact) mass is 257 g/mol. The van der Waals surface area contributed by atoms with Crippen LogP contribution in [0, 0.1) is 5.41 Å². The van der Waals surface area contributed by atoms with Crippen molar-refractivity contribution in [2.24, 2.45) is 5.41 Å². The molecule has 4 nitrogen and oxygen atoms in total. The zero-order valence-corrected chi connectivity index (χ0v) is 12.0. The summed E-state index contributed by atoms with van der Waals surface area (Å²) in [4.78, 5) is 11.8. The van der Waals surface area contributed by atoms with Gasteiger partial charge in [0.15, 0.2) is 0 Å². The molecule has 0 bridgehead atoms. The van der Waals surface area contributed by atoms with Crippen molar-refractivity contribution in [1.29, 1.82) is 0 Å². The first-order valence-electron chi connectivity index (χ1n) is 7.09. The van der Waals surface area contributed by atoms with Crippen molar-refractivity contribution in [1.82, 2.24) is 5.32 Å². The van der Waals surface area contributed by atoms with Gasteiger partial charge in [-0.05, 0) is 31.6 Å². The van der Waals surface area contributed by atoms with Gasteiger partial charge in [0.05, 0.1) is 6.61 Å². The van der Waals surface area contributed by atoms with Crippen LogP contribution in [0.3, 0.4) is 0 Å². The lowest BCUT2D eigenvalue weighted by atomic mass is 9.82. The van der Waals surface area contributed by atoms with E-state index < -0.39 is 0 Å². The highest BCUT2D eigenvalue weighted by Gasteiger charge is 2.29. The summed E-state index contributed by atoms with van der Waals surface area (Å²) in [7, 11) is 0. The second-order valence-electron chi connectivity index (χ2n) is 5.40. The van der Waals surface area contributed by atoms with Crippen LogP contribution in [0.25, 0.3) is 0 Å². The van der Waals surface area contributed by atoms with E-state index in [2.05, 4.69) is 19.2 Å². The van der Waals surface area contributed by atoms with E-state index in [0.717, 1.165) is 45.4 Å². The maximum atomic E-state index is 11.8. The number of hydrogen-bond acceptors (Lipinski definition) is 4. The van der Waals surface area contributed by atoms with E-state index in [9.17, 15) is 4.79 Å². The van der Waals surface area contributed by atoms with Gasteiger partial charge in [-0.2, -0.15) is 0 Å². The third-order valence-electron chi connectivity index (χ3n) is 3.62. The molecule has 0 aromatic rings. The van der Waals surface area contributed by atoms with Gasteiger partial charge in [0.1, 0.15) is 6.04 Å². The molecule has 1 aliphatic rings. The van der Waals surface area contributed by atoms with Crippen LogP contribution in [0.15, 0.2) is 0 Å². The average Bonchev–Trinajstić information content (AvgIpc) is 2.35. The third kappa shape index (κ3) is 4.94. The first-order valence-corrected chi connectivity index (χ1v) is 7.09. The quantitative estimate of drug-likeness (QED) is 0.710. The minimum Gasteiger partial charge on any atom is -0.465 e. The van der Waals surface area contributed by atoms with Crippen LogP contribution < -0.4 is 5.32 Å². The largest absolute Gasteiger partial charge is 0.465 e. The summed E-state index contributed by atoms with van der Waals surface area (Å²) in [6, 6.07) is -0.158. The lowest BCUT2D eigenvalue weighted by Crippen LogP contribution is -2.45. The standard InChI is InChI=1S/C14H27NO3/c1-4-6-12(13(16)18-5-2)15-11-14(3)7-9-17-10-8-14/h12,15H,4-11H2,1-3H3. The summed E-state index contributed by atoms with van der Waals surface area (Å²) in [6.07, 6.45) is 3.94. The Labute approximate surface area is 110 Å². The summed E-state index contributed by atoms with van der Waals surface area (Å²) >= 11 is 0. The van der Waals surface area contributed by atoms with Crippen LogP contribution in [0.2, 0.25) is 0 Å². The molecule has 0 aromatic heterocycles. The number of carbonyl (C=O) groups is 1. The van der Waals surface area contributed by atoms with E-state index in [4.69, 9.17) is 9.47 Å². The lowest BCUT2D eigenvalue weighted by molar-refractivity contribution is -0.146.